The van der Waals surface area contributed by atoms with E-state index in [0.717, 1.165) is 12.4 Å². The van der Waals surface area contributed by atoms with Crippen LogP contribution in [0.2, 0.25) is 5.02 Å². The van der Waals surface area contributed by atoms with Crippen LogP contribution in [-0.2, 0) is 6.54 Å². The van der Waals surface area contributed by atoms with Gasteiger partial charge in [-0.1, -0.05) is 18.0 Å². The molecule has 1 aliphatic heterocycles. The molecule has 20 heavy (non-hydrogen) atoms. The van der Waals surface area contributed by atoms with Gasteiger partial charge in [0, 0.05) is 11.1 Å². The number of likely N-dealkylation sites (tertiary alicyclic amines) is 1. The maximum atomic E-state index is 12.1. The van der Waals surface area contributed by atoms with Crippen LogP contribution in [0.1, 0.15) is 32.0 Å². The fourth-order valence-corrected chi connectivity index (χ4v) is 2.99. The Bertz CT molecular complexity index is 682. The molecule has 1 saturated heterocycles. The van der Waals surface area contributed by atoms with E-state index in [-0.39, 0.29) is 5.56 Å². The zero-order chi connectivity index (χ0) is 14.1. The zero-order valence-corrected chi connectivity index (χ0v) is 12.3. The Morgan fingerprint density at radius 2 is 2.30 bits per heavy atom. The molecule has 106 valence electrons. The standard InChI is InChI=1S/C15H18ClN3O/c1-10-4-2-3-7-19(10)9-14-17-13-8-11(16)5-6-12(13)15(20)18-14/h5-6,8,10H,2-4,7,9H2,1H3,(H,17,18,20). The van der Waals surface area contributed by atoms with Crippen molar-refractivity contribution in [3.63, 3.8) is 0 Å². The van der Waals surface area contributed by atoms with E-state index >= 15 is 0 Å². The topological polar surface area (TPSA) is 49.0 Å². The number of fused-ring (bicyclic) bond motifs is 1. The summed E-state index contributed by atoms with van der Waals surface area (Å²) in [5.74, 6) is 0.721. The van der Waals surface area contributed by atoms with E-state index in [1.54, 1.807) is 18.2 Å². The average molecular weight is 292 g/mol. The number of hydrogen-bond acceptors (Lipinski definition) is 3. The summed E-state index contributed by atoms with van der Waals surface area (Å²) in [7, 11) is 0. The second-order valence-electron chi connectivity index (χ2n) is 5.49. The number of hydrogen-bond donors (Lipinski definition) is 1. The summed E-state index contributed by atoms with van der Waals surface area (Å²) in [5, 5.41) is 1.19. The van der Waals surface area contributed by atoms with Crippen LogP contribution in [0, 0.1) is 0 Å². The van der Waals surface area contributed by atoms with E-state index in [2.05, 4.69) is 21.8 Å². The van der Waals surface area contributed by atoms with Crippen molar-refractivity contribution in [3.8, 4) is 0 Å². The summed E-state index contributed by atoms with van der Waals surface area (Å²) in [6.07, 6.45) is 3.71. The van der Waals surface area contributed by atoms with Crippen molar-refractivity contribution >= 4 is 22.5 Å². The van der Waals surface area contributed by atoms with Gasteiger partial charge in [-0.15, -0.1) is 0 Å². The smallest absolute Gasteiger partial charge is 0.258 e. The molecule has 0 spiro atoms. The molecule has 0 bridgehead atoms. The van der Waals surface area contributed by atoms with E-state index in [1.807, 2.05) is 0 Å². The van der Waals surface area contributed by atoms with E-state index < -0.39 is 0 Å². The third-order valence-electron chi connectivity index (χ3n) is 4.01. The lowest BCUT2D eigenvalue weighted by Crippen LogP contribution is -2.37. The Morgan fingerprint density at radius 1 is 1.45 bits per heavy atom. The molecule has 1 atom stereocenters. The first-order valence-corrected chi connectivity index (χ1v) is 7.44. The van der Waals surface area contributed by atoms with Gasteiger partial charge in [0.05, 0.1) is 17.4 Å². The predicted molar refractivity (Wildman–Crippen MR) is 81.1 cm³/mol. The van der Waals surface area contributed by atoms with Crippen LogP contribution in [0.4, 0.5) is 0 Å². The second kappa shape index (κ2) is 5.54. The third kappa shape index (κ3) is 2.72. The summed E-state index contributed by atoms with van der Waals surface area (Å²) in [6, 6.07) is 5.73. The molecule has 1 aliphatic rings. The molecule has 4 nitrogen and oxygen atoms in total. The number of nitrogens with zero attached hydrogens (tertiary/aromatic N) is 2. The highest BCUT2D eigenvalue weighted by atomic mass is 35.5. The van der Waals surface area contributed by atoms with Crippen LogP contribution in [0.15, 0.2) is 23.0 Å². The van der Waals surface area contributed by atoms with Gasteiger partial charge in [-0.05, 0) is 44.5 Å². The van der Waals surface area contributed by atoms with Crippen LogP contribution < -0.4 is 5.56 Å². The lowest BCUT2D eigenvalue weighted by Gasteiger charge is -2.32. The molecule has 0 saturated carbocycles. The molecule has 2 aromatic rings. The van der Waals surface area contributed by atoms with Gasteiger partial charge < -0.3 is 4.98 Å². The minimum atomic E-state index is -0.0914. The molecular weight excluding hydrogens is 274 g/mol. The number of nitrogens with one attached hydrogen (secondary N) is 1. The Balaban J connectivity index is 1.93. The van der Waals surface area contributed by atoms with E-state index in [9.17, 15) is 4.79 Å². The van der Waals surface area contributed by atoms with Crippen LogP contribution in [0.25, 0.3) is 10.9 Å². The minimum Gasteiger partial charge on any atom is -0.309 e. The Labute approximate surface area is 122 Å². The molecule has 1 aromatic carbocycles. The lowest BCUT2D eigenvalue weighted by atomic mass is 10.0. The van der Waals surface area contributed by atoms with Gasteiger partial charge in [-0.2, -0.15) is 0 Å². The molecule has 1 aromatic heterocycles. The fraction of sp³-hybridized carbons (Fsp3) is 0.467. The van der Waals surface area contributed by atoms with E-state index in [1.165, 1.54) is 19.3 Å². The average Bonchev–Trinajstić information content (AvgIpc) is 2.41. The van der Waals surface area contributed by atoms with E-state index in [4.69, 9.17) is 11.6 Å². The zero-order valence-electron chi connectivity index (χ0n) is 11.5. The molecule has 5 heteroatoms. The number of aromatic nitrogens is 2. The number of aromatic amines is 1. The van der Waals surface area contributed by atoms with Crippen LogP contribution >= 0.6 is 11.6 Å². The normalized spacial score (nSPS) is 20.4. The van der Waals surface area contributed by atoms with Crippen LogP contribution in [-0.4, -0.2) is 27.5 Å². The molecule has 1 fully saturated rings. The first-order chi connectivity index (χ1) is 9.63. The first-order valence-electron chi connectivity index (χ1n) is 7.06. The van der Waals surface area contributed by atoms with Gasteiger partial charge in [-0.3, -0.25) is 9.69 Å². The highest BCUT2D eigenvalue weighted by Gasteiger charge is 2.19. The molecule has 0 amide bonds. The van der Waals surface area contributed by atoms with Gasteiger partial charge >= 0.3 is 0 Å². The van der Waals surface area contributed by atoms with Gasteiger partial charge in [0.25, 0.3) is 5.56 Å². The SMILES string of the molecule is CC1CCCCN1Cc1nc2cc(Cl)ccc2c(=O)[nH]1. The number of benzene rings is 1. The molecule has 1 unspecified atom stereocenters. The van der Waals surface area contributed by atoms with Crippen molar-refractivity contribution in [2.24, 2.45) is 0 Å². The number of rotatable bonds is 2. The maximum Gasteiger partial charge on any atom is 0.258 e. The number of H-pyrrole nitrogens is 1. The summed E-state index contributed by atoms with van der Waals surface area (Å²) >= 11 is 5.98. The summed E-state index contributed by atoms with van der Waals surface area (Å²) in [6.45, 7) is 3.99. The highest BCUT2D eigenvalue weighted by molar-refractivity contribution is 6.31. The number of halogens is 1. The second-order valence-corrected chi connectivity index (χ2v) is 5.93. The van der Waals surface area contributed by atoms with Crippen LogP contribution in [0.5, 0.6) is 0 Å². The predicted octanol–water partition coefficient (Wildman–Crippen LogP) is 2.95. The fourth-order valence-electron chi connectivity index (χ4n) is 2.82. The van der Waals surface area contributed by atoms with Gasteiger partial charge in [0.1, 0.15) is 5.82 Å². The van der Waals surface area contributed by atoms with Crippen molar-refractivity contribution < 1.29 is 0 Å². The molecule has 0 radical (unpaired) electrons. The van der Waals surface area contributed by atoms with Crippen molar-refractivity contribution in [2.75, 3.05) is 6.54 Å². The summed E-state index contributed by atoms with van der Waals surface area (Å²) in [4.78, 5) is 21.9. The first kappa shape index (κ1) is 13.6. The molecular formula is C15H18ClN3O. The summed E-state index contributed by atoms with van der Waals surface area (Å²) < 4.78 is 0. The van der Waals surface area contributed by atoms with Gasteiger partial charge in [0.15, 0.2) is 0 Å². The molecule has 1 N–H and O–H groups in total. The van der Waals surface area contributed by atoms with Crippen LogP contribution in [0.3, 0.4) is 0 Å². The Kier molecular flexibility index (Phi) is 3.76. The van der Waals surface area contributed by atoms with Gasteiger partial charge in [-0.25, -0.2) is 4.98 Å². The lowest BCUT2D eigenvalue weighted by molar-refractivity contribution is 0.149. The Morgan fingerprint density at radius 3 is 3.10 bits per heavy atom. The molecule has 2 heterocycles. The minimum absolute atomic E-state index is 0.0914. The summed E-state index contributed by atoms with van der Waals surface area (Å²) in [5.41, 5.74) is 0.576. The maximum absolute atomic E-state index is 12.1. The monoisotopic (exact) mass is 291 g/mol. The van der Waals surface area contributed by atoms with Crippen molar-refractivity contribution in [1.29, 1.82) is 0 Å². The highest BCUT2D eigenvalue weighted by Crippen LogP contribution is 2.19. The van der Waals surface area contributed by atoms with Gasteiger partial charge in [0.2, 0.25) is 0 Å². The number of piperidine rings is 1. The molecule has 3 rings (SSSR count). The van der Waals surface area contributed by atoms with Crippen molar-refractivity contribution in [3.05, 3.63) is 39.4 Å². The van der Waals surface area contributed by atoms with Crippen molar-refractivity contribution in [1.82, 2.24) is 14.9 Å². The largest absolute Gasteiger partial charge is 0.309 e. The third-order valence-corrected chi connectivity index (χ3v) is 4.25. The molecule has 0 aliphatic carbocycles. The quantitative estimate of drug-likeness (QED) is 0.925. The Hall–Kier alpha value is -1.39. The van der Waals surface area contributed by atoms with E-state index in [0.29, 0.717) is 28.5 Å². The van der Waals surface area contributed by atoms with Crippen molar-refractivity contribution in [2.45, 2.75) is 38.8 Å².